The van der Waals surface area contributed by atoms with Crippen LogP contribution >= 0.6 is 0 Å². The highest BCUT2D eigenvalue weighted by molar-refractivity contribution is 5.27. The molecule has 1 N–H and O–H groups in total. The Hall–Kier alpha value is -1.71. The summed E-state index contributed by atoms with van der Waals surface area (Å²) in [6.07, 6.45) is 1.35. The topological polar surface area (TPSA) is 36.4 Å². The quantitative estimate of drug-likeness (QED) is 0.876. The standard InChI is InChI=1S/C17H22N2O/c1-3-19(12-15-9-6-7-11-18-15)13-17(20)16-10-5-4-8-14(16)2/h4-11,17,20H,3,12-13H2,1-2H3. The number of hydrogen-bond donors (Lipinski definition) is 1. The third-order valence-corrected chi connectivity index (χ3v) is 3.54. The summed E-state index contributed by atoms with van der Waals surface area (Å²) in [6.45, 7) is 6.42. The summed E-state index contributed by atoms with van der Waals surface area (Å²) >= 11 is 0. The molecule has 0 saturated carbocycles. The molecule has 2 rings (SSSR count). The van der Waals surface area contributed by atoms with Crippen LogP contribution in [0, 0.1) is 6.92 Å². The van der Waals surface area contributed by atoms with Crippen molar-refractivity contribution in [3.63, 3.8) is 0 Å². The molecule has 0 aliphatic heterocycles. The van der Waals surface area contributed by atoms with Crippen molar-refractivity contribution in [3.05, 3.63) is 65.5 Å². The highest BCUT2D eigenvalue weighted by Crippen LogP contribution is 2.18. The van der Waals surface area contributed by atoms with Crippen molar-refractivity contribution < 1.29 is 5.11 Å². The van der Waals surface area contributed by atoms with E-state index in [1.54, 1.807) is 6.20 Å². The highest BCUT2D eigenvalue weighted by Gasteiger charge is 2.14. The summed E-state index contributed by atoms with van der Waals surface area (Å²) in [5.41, 5.74) is 3.17. The second-order valence-corrected chi connectivity index (χ2v) is 5.02. The Labute approximate surface area is 120 Å². The maximum absolute atomic E-state index is 10.4. The summed E-state index contributed by atoms with van der Waals surface area (Å²) in [5, 5.41) is 10.4. The van der Waals surface area contributed by atoms with Gasteiger partial charge < -0.3 is 5.11 Å². The van der Waals surface area contributed by atoms with Gasteiger partial charge in [0.05, 0.1) is 11.8 Å². The minimum atomic E-state index is -0.458. The van der Waals surface area contributed by atoms with E-state index in [2.05, 4.69) is 16.8 Å². The molecule has 2 aromatic rings. The zero-order valence-corrected chi connectivity index (χ0v) is 12.2. The minimum absolute atomic E-state index is 0.458. The molecule has 0 radical (unpaired) electrons. The maximum atomic E-state index is 10.4. The zero-order valence-electron chi connectivity index (χ0n) is 12.2. The summed E-state index contributed by atoms with van der Waals surface area (Å²) in [7, 11) is 0. The monoisotopic (exact) mass is 270 g/mol. The molecular formula is C17H22N2O. The average molecular weight is 270 g/mol. The van der Waals surface area contributed by atoms with E-state index in [9.17, 15) is 5.11 Å². The molecule has 0 bridgehead atoms. The van der Waals surface area contributed by atoms with Crippen LogP contribution in [0.3, 0.4) is 0 Å². The molecule has 0 amide bonds. The Balaban J connectivity index is 2.01. The van der Waals surface area contributed by atoms with Gasteiger partial charge in [-0.3, -0.25) is 9.88 Å². The molecule has 0 spiro atoms. The van der Waals surface area contributed by atoms with Crippen LogP contribution in [-0.2, 0) is 6.54 Å². The lowest BCUT2D eigenvalue weighted by Crippen LogP contribution is -2.28. The molecule has 0 fully saturated rings. The number of aromatic nitrogens is 1. The molecule has 3 heteroatoms. The van der Waals surface area contributed by atoms with E-state index in [1.165, 1.54) is 0 Å². The van der Waals surface area contributed by atoms with E-state index in [1.807, 2.05) is 49.4 Å². The first-order chi connectivity index (χ1) is 9.70. The van der Waals surface area contributed by atoms with Gasteiger partial charge in [-0.25, -0.2) is 0 Å². The van der Waals surface area contributed by atoms with Crippen LogP contribution in [0.4, 0.5) is 0 Å². The van der Waals surface area contributed by atoms with Gasteiger partial charge in [0.1, 0.15) is 0 Å². The Kier molecular flexibility index (Phi) is 5.27. The highest BCUT2D eigenvalue weighted by atomic mass is 16.3. The first-order valence-electron chi connectivity index (χ1n) is 7.06. The molecule has 0 aliphatic rings. The van der Waals surface area contributed by atoms with Crippen molar-refractivity contribution in [2.24, 2.45) is 0 Å². The van der Waals surface area contributed by atoms with Crippen LogP contribution in [0.2, 0.25) is 0 Å². The molecule has 1 aromatic carbocycles. The van der Waals surface area contributed by atoms with Crippen LogP contribution < -0.4 is 0 Å². The fourth-order valence-electron chi connectivity index (χ4n) is 2.33. The van der Waals surface area contributed by atoms with Crippen LogP contribution in [-0.4, -0.2) is 28.1 Å². The van der Waals surface area contributed by atoms with Crippen LogP contribution in [0.15, 0.2) is 48.7 Å². The lowest BCUT2D eigenvalue weighted by atomic mass is 10.0. The Morgan fingerprint density at radius 1 is 1.15 bits per heavy atom. The van der Waals surface area contributed by atoms with Crippen LogP contribution in [0.1, 0.15) is 29.8 Å². The Morgan fingerprint density at radius 2 is 1.90 bits per heavy atom. The van der Waals surface area contributed by atoms with E-state index in [4.69, 9.17) is 0 Å². The molecule has 20 heavy (non-hydrogen) atoms. The number of benzene rings is 1. The number of aryl methyl sites for hydroxylation is 1. The van der Waals surface area contributed by atoms with E-state index < -0.39 is 6.10 Å². The van der Waals surface area contributed by atoms with Gasteiger partial charge in [0, 0.05) is 19.3 Å². The molecule has 0 aliphatic carbocycles. The van der Waals surface area contributed by atoms with Crippen molar-refractivity contribution in [3.8, 4) is 0 Å². The number of likely N-dealkylation sites (N-methyl/N-ethyl adjacent to an activating group) is 1. The number of aliphatic hydroxyl groups is 1. The second kappa shape index (κ2) is 7.17. The second-order valence-electron chi connectivity index (χ2n) is 5.02. The molecule has 0 saturated heterocycles. The predicted molar refractivity (Wildman–Crippen MR) is 81.3 cm³/mol. The van der Waals surface area contributed by atoms with Crippen molar-refractivity contribution in [2.45, 2.75) is 26.5 Å². The molecule has 106 valence electrons. The van der Waals surface area contributed by atoms with Crippen molar-refractivity contribution in [1.29, 1.82) is 0 Å². The van der Waals surface area contributed by atoms with Crippen molar-refractivity contribution >= 4 is 0 Å². The molecule has 1 heterocycles. The summed E-state index contributed by atoms with van der Waals surface area (Å²) in [6, 6.07) is 13.9. The number of nitrogens with zero attached hydrogens (tertiary/aromatic N) is 2. The predicted octanol–water partition coefficient (Wildman–Crippen LogP) is 2.95. The third-order valence-electron chi connectivity index (χ3n) is 3.54. The van der Waals surface area contributed by atoms with Crippen LogP contribution in [0.25, 0.3) is 0 Å². The van der Waals surface area contributed by atoms with E-state index in [-0.39, 0.29) is 0 Å². The number of aliphatic hydroxyl groups excluding tert-OH is 1. The van der Waals surface area contributed by atoms with E-state index >= 15 is 0 Å². The average Bonchev–Trinajstić information content (AvgIpc) is 2.48. The summed E-state index contributed by atoms with van der Waals surface area (Å²) < 4.78 is 0. The molecule has 1 unspecified atom stereocenters. The molecule has 1 atom stereocenters. The van der Waals surface area contributed by atoms with Gasteiger partial charge in [0.2, 0.25) is 0 Å². The van der Waals surface area contributed by atoms with Crippen LogP contribution in [0.5, 0.6) is 0 Å². The van der Waals surface area contributed by atoms with Gasteiger partial charge in [-0.1, -0.05) is 37.3 Å². The van der Waals surface area contributed by atoms with Gasteiger partial charge in [-0.2, -0.15) is 0 Å². The third kappa shape index (κ3) is 3.89. The summed E-state index contributed by atoms with van der Waals surface area (Å²) in [4.78, 5) is 6.55. The van der Waals surface area contributed by atoms with Crippen molar-refractivity contribution in [1.82, 2.24) is 9.88 Å². The summed E-state index contributed by atoms with van der Waals surface area (Å²) in [5.74, 6) is 0. The first-order valence-corrected chi connectivity index (χ1v) is 7.06. The Morgan fingerprint density at radius 3 is 2.55 bits per heavy atom. The zero-order chi connectivity index (χ0) is 14.4. The van der Waals surface area contributed by atoms with Gasteiger partial charge >= 0.3 is 0 Å². The van der Waals surface area contributed by atoms with E-state index in [0.717, 1.165) is 29.9 Å². The van der Waals surface area contributed by atoms with E-state index in [0.29, 0.717) is 6.54 Å². The minimum Gasteiger partial charge on any atom is -0.387 e. The smallest absolute Gasteiger partial charge is 0.0919 e. The van der Waals surface area contributed by atoms with Gasteiger partial charge in [0.25, 0.3) is 0 Å². The largest absolute Gasteiger partial charge is 0.387 e. The normalized spacial score (nSPS) is 12.6. The number of hydrogen-bond acceptors (Lipinski definition) is 3. The lowest BCUT2D eigenvalue weighted by Gasteiger charge is -2.24. The van der Waals surface area contributed by atoms with Gasteiger partial charge in [-0.05, 0) is 36.7 Å². The number of rotatable bonds is 6. The first kappa shape index (κ1) is 14.7. The SMILES string of the molecule is CCN(Cc1ccccn1)CC(O)c1ccccc1C. The van der Waals surface area contributed by atoms with Gasteiger partial charge in [-0.15, -0.1) is 0 Å². The fourth-order valence-corrected chi connectivity index (χ4v) is 2.33. The van der Waals surface area contributed by atoms with Gasteiger partial charge in [0.15, 0.2) is 0 Å². The molecule has 3 nitrogen and oxygen atoms in total. The maximum Gasteiger partial charge on any atom is 0.0919 e. The van der Waals surface area contributed by atoms with Crippen molar-refractivity contribution in [2.75, 3.05) is 13.1 Å². The fraction of sp³-hybridized carbons (Fsp3) is 0.353. The number of pyridine rings is 1. The molecule has 1 aromatic heterocycles. The Bertz CT molecular complexity index is 528. The lowest BCUT2D eigenvalue weighted by molar-refractivity contribution is 0.111. The molecular weight excluding hydrogens is 248 g/mol.